The molecule has 9 heteroatoms. The molecule has 0 aliphatic carbocycles. The Bertz CT molecular complexity index is 193. The minimum atomic E-state index is -2.05. The maximum absolute atomic E-state index is 10.5. The van der Waals surface area contributed by atoms with E-state index < -0.39 is 9.76 Å². The summed E-state index contributed by atoms with van der Waals surface area (Å²) in [5, 5.41) is 8.42. The van der Waals surface area contributed by atoms with Crippen LogP contribution in [0.5, 0.6) is 0 Å². The Hall–Kier alpha value is 0.150. The van der Waals surface area contributed by atoms with Crippen molar-refractivity contribution in [3.05, 3.63) is 0 Å². The van der Waals surface area contributed by atoms with Gasteiger partial charge in [0, 0.05) is 12.2 Å². The second-order valence-electron chi connectivity index (χ2n) is 1.82. The second kappa shape index (κ2) is 8.46. The third-order valence-corrected chi connectivity index (χ3v) is 1.02. The molecule has 0 atom stereocenters. The molecule has 0 saturated heterocycles. The molecule has 0 radical (unpaired) electrons. The first-order valence-electron chi connectivity index (χ1n) is 3.18. The third kappa shape index (κ3) is 14.7. The van der Waals surface area contributed by atoms with Gasteiger partial charge in [-0.25, -0.2) is 4.79 Å². The number of quaternary nitrogens is 1. The van der Waals surface area contributed by atoms with Gasteiger partial charge < -0.3 is 21.3 Å². The summed E-state index contributed by atoms with van der Waals surface area (Å²) < 4.78 is 2.22. The van der Waals surface area contributed by atoms with Gasteiger partial charge in [-0.1, -0.05) is 34.8 Å². The van der Waals surface area contributed by atoms with Crippen molar-refractivity contribution in [2.24, 2.45) is 5.73 Å². The Kier molecular flexibility index (Phi) is 10.0. The number of esters is 1. The van der Waals surface area contributed by atoms with Crippen LogP contribution in [0.1, 0.15) is 0 Å². The fourth-order valence-corrected chi connectivity index (χ4v) is 0.384. The lowest BCUT2D eigenvalue weighted by atomic mass is 10.7. The molecule has 14 heavy (non-hydrogen) atoms. The average molecular weight is 285 g/mol. The van der Waals surface area contributed by atoms with Crippen LogP contribution in [-0.2, 0) is 9.53 Å². The highest BCUT2D eigenvalue weighted by atomic mass is 35.6. The Balaban J connectivity index is 0. The van der Waals surface area contributed by atoms with E-state index in [-0.39, 0.29) is 18.3 Å². The van der Waals surface area contributed by atoms with E-state index in [1.165, 1.54) is 0 Å². The third-order valence-electron chi connectivity index (χ3n) is 0.556. The molecule has 0 bridgehead atoms. The van der Waals surface area contributed by atoms with Gasteiger partial charge in [0.15, 0.2) is 0 Å². The smallest absolute Gasteiger partial charge is 0.358 e. The van der Waals surface area contributed by atoms with E-state index in [1.54, 1.807) is 0 Å². The van der Waals surface area contributed by atoms with Gasteiger partial charge in [-0.3, -0.25) is 0 Å². The van der Waals surface area contributed by atoms with Crippen LogP contribution in [0.25, 0.3) is 0 Å². The normalized spacial score (nSPS) is 9.79. The lowest BCUT2D eigenvalue weighted by Crippen LogP contribution is -2.60. The zero-order valence-corrected chi connectivity index (χ0v) is 10.1. The van der Waals surface area contributed by atoms with Crippen molar-refractivity contribution >= 4 is 58.1 Å². The van der Waals surface area contributed by atoms with E-state index >= 15 is 0 Å². The minimum Gasteiger partial charge on any atom is -0.460 e. The van der Waals surface area contributed by atoms with E-state index in [9.17, 15) is 4.79 Å². The number of carbonyl (C=O) groups is 1. The van der Waals surface area contributed by atoms with Gasteiger partial charge in [-0.05, 0) is 0 Å². The fraction of sp³-hybridized carbons (Fsp3) is 0.600. The molecule has 6 N–H and O–H groups in total. The topological polar surface area (TPSA) is 100 Å². The standard InChI is InChI=1S/C4H5Cl3O3.CH4N2S/c5-4(6,7)3(9)10-2-1-8;2-1(3)4/h8H,1-2H2;(H4,2,3,4)/p+1. The lowest BCUT2D eigenvalue weighted by molar-refractivity contribution is -0.210. The number of ether oxygens (including phenoxy) is 1. The second-order valence-corrected chi connectivity index (χ2v) is 4.63. The molecule has 0 fully saturated rings. The highest BCUT2D eigenvalue weighted by Gasteiger charge is 2.32. The quantitative estimate of drug-likeness (QED) is 0.356. The first kappa shape index (κ1) is 16.6. The number of halogens is 3. The van der Waals surface area contributed by atoms with Crippen LogP contribution >= 0.6 is 47.0 Å². The molecule has 0 spiro atoms. The van der Waals surface area contributed by atoms with E-state index in [0.717, 1.165) is 0 Å². The van der Waals surface area contributed by atoms with Gasteiger partial charge in [0.1, 0.15) is 6.61 Å². The van der Waals surface area contributed by atoms with Gasteiger partial charge in [-0.2, -0.15) is 0 Å². The number of hydrogen-bond donors (Lipinski definition) is 3. The Labute approximate surface area is 101 Å². The molecule has 0 aromatic heterocycles. The summed E-state index contributed by atoms with van der Waals surface area (Å²) in [5.74, 6) is -0.980. The summed E-state index contributed by atoms with van der Waals surface area (Å²) >= 11 is 19.5. The number of rotatable bonds is 2. The number of aliphatic hydroxyl groups is 1. The van der Waals surface area contributed by atoms with Crippen molar-refractivity contribution in [1.29, 1.82) is 0 Å². The van der Waals surface area contributed by atoms with E-state index in [1.807, 2.05) is 0 Å². The summed E-state index contributed by atoms with van der Waals surface area (Å²) in [6.45, 7) is -0.445. The lowest BCUT2D eigenvalue weighted by Gasteiger charge is -2.08. The fourth-order valence-electron chi connectivity index (χ4n) is 0.220. The molecule has 0 aromatic rings. The maximum Gasteiger partial charge on any atom is 0.358 e. The Morgan fingerprint density at radius 2 is 1.93 bits per heavy atom. The number of alkyl halides is 3. The van der Waals surface area contributed by atoms with Crippen LogP contribution in [0.15, 0.2) is 0 Å². The zero-order valence-electron chi connectivity index (χ0n) is 7.00. The highest BCUT2D eigenvalue weighted by molar-refractivity contribution is 7.79. The highest BCUT2D eigenvalue weighted by Crippen LogP contribution is 2.27. The van der Waals surface area contributed by atoms with Crippen LogP contribution in [-0.4, -0.2) is 33.2 Å². The predicted octanol–water partition coefficient (Wildman–Crippen LogP) is -0.636. The molecular formula is C5H10Cl3N2O3S+. The van der Waals surface area contributed by atoms with E-state index in [4.69, 9.17) is 45.6 Å². The largest absolute Gasteiger partial charge is 0.460 e. The summed E-state index contributed by atoms with van der Waals surface area (Å²) in [7, 11) is 0. The van der Waals surface area contributed by atoms with Gasteiger partial charge in [-0.15, -0.1) is 0 Å². The molecule has 0 aromatic carbocycles. The first-order valence-corrected chi connectivity index (χ1v) is 4.72. The number of thiocarbonyl (C=S) groups is 1. The van der Waals surface area contributed by atoms with Crippen LogP contribution in [0, 0.1) is 0 Å². The van der Waals surface area contributed by atoms with Crippen molar-refractivity contribution < 1.29 is 20.4 Å². The molecule has 0 heterocycles. The molecule has 0 aliphatic rings. The SMILES string of the molecule is NC([NH3+])=S.O=C(OCCO)C(Cl)(Cl)Cl. The predicted molar refractivity (Wildman–Crippen MR) is 58.0 cm³/mol. The average Bonchev–Trinajstić information content (AvgIpc) is 1.97. The van der Waals surface area contributed by atoms with Crippen molar-refractivity contribution in [2.45, 2.75) is 3.79 Å². The van der Waals surface area contributed by atoms with Crippen LogP contribution in [0.4, 0.5) is 0 Å². The summed E-state index contributed by atoms with van der Waals surface area (Å²) in [4.78, 5) is 10.5. The molecule has 84 valence electrons. The molecule has 0 unspecified atom stereocenters. The molecule has 5 nitrogen and oxygen atoms in total. The first-order chi connectivity index (χ1) is 6.21. The molecule has 0 saturated carbocycles. The van der Waals surface area contributed by atoms with Crippen LogP contribution in [0.2, 0.25) is 0 Å². The molecule has 0 aliphatic heterocycles. The van der Waals surface area contributed by atoms with E-state index in [0.29, 0.717) is 0 Å². The number of hydrogen-bond acceptors (Lipinski definition) is 4. The Morgan fingerprint density at radius 1 is 1.57 bits per heavy atom. The van der Waals surface area contributed by atoms with Crippen LogP contribution < -0.4 is 11.5 Å². The number of carbonyl (C=O) groups excluding carboxylic acids is 1. The summed E-state index contributed by atoms with van der Waals surface area (Å²) in [6, 6.07) is 0. The van der Waals surface area contributed by atoms with Crippen molar-refractivity contribution in [1.82, 2.24) is 0 Å². The van der Waals surface area contributed by atoms with Crippen molar-refractivity contribution in [3.63, 3.8) is 0 Å². The molecule has 0 amide bonds. The maximum atomic E-state index is 10.5. The zero-order chi connectivity index (χ0) is 11.8. The summed E-state index contributed by atoms with van der Waals surface area (Å²) in [6.07, 6.45) is 0. The summed E-state index contributed by atoms with van der Waals surface area (Å²) in [5.41, 5.74) is 7.88. The molecule has 0 rings (SSSR count). The molecular weight excluding hydrogens is 274 g/mol. The Morgan fingerprint density at radius 3 is 2.14 bits per heavy atom. The van der Waals surface area contributed by atoms with E-state index in [2.05, 4.69) is 22.7 Å². The monoisotopic (exact) mass is 283 g/mol. The van der Waals surface area contributed by atoms with Gasteiger partial charge in [0.25, 0.3) is 8.90 Å². The number of nitrogens with two attached hydrogens (primary N) is 1. The van der Waals surface area contributed by atoms with Crippen LogP contribution in [0.3, 0.4) is 0 Å². The number of aliphatic hydroxyl groups excluding tert-OH is 1. The van der Waals surface area contributed by atoms with Gasteiger partial charge >= 0.3 is 5.97 Å². The van der Waals surface area contributed by atoms with Crippen molar-refractivity contribution in [2.75, 3.05) is 13.2 Å². The minimum absolute atomic E-state index is 0.160. The van der Waals surface area contributed by atoms with Gasteiger partial charge in [0.05, 0.1) is 6.61 Å². The van der Waals surface area contributed by atoms with Gasteiger partial charge in [0.2, 0.25) is 0 Å². The van der Waals surface area contributed by atoms with Crippen molar-refractivity contribution in [3.8, 4) is 0 Å².